The third-order valence-electron chi connectivity index (χ3n) is 5.36. The van der Waals surface area contributed by atoms with Crippen molar-refractivity contribution in [3.8, 4) is 11.5 Å². The molecule has 1 heterocycles. The fourth-order valence-corrected chi connectivity index (χ4v) is 3.63. The van der Waals surface area contributed by atoms with Gasteiger partial charge in [0.15, 0.2) is 17.5 Å². The largest absolute Gasteiger partial charge is 0.493 e. The summed E-state index contributed by atoms with van der Waals surface area (Å²) in [6.45, 7) is 1.82. The predicted molar refractivity (Wildman–Crippen MR) is 124 cm³/mol. The quantitative estimate of drug-likeness (QED) is 0.256. The van der Waals surface area contributed by atoms with E-state index in [-0.39, 0.29) is 11.8 Å². The van der Waals surface area contributed by atoms with Gasteiger partial charge in [-0.25, -0.2) is 0 Å². The molecule has 0 aromatic heterocycles. The zero-order valence-corrected chi connectivity index (χ0v) is 18.8. The summed E-state index contributed by atoms with van der Waals surface area (Å²) >= 11 is 0. The molecule has 3 rings (SSSR count). The van der Waals surface area contributed by atoms with Gasteiger partial charge < -0.3 is 20.1 Å². The number of benzene rings is 2. The maximum absolute atomic E-state index is 12.4. The molecule has 2 amide bonds. The van der Waals surface area contributed by atoms with Crippen molar-refractivity contribution in [2.24, 2.45) is 4.99 Å². The topological polar surface area (TPSA) is 92.3 Å². The van der Waals surface area contributed by atoms with E-state index in [1.54, 1.807) is 45.5 Å². The number of ether oxygens (including phenoxy) is 2. The minimum atomic E-state index is -0.203. The van der Waals surface area contributed by atoms with Crippen LogP contribution < -0.4 is 20.1 Å². The lowest BCUT2D eigenvalue weighted by Crippen LogP contribution is -2.39. The number of nitrogens with zero attached hydrogens (tertiary/aromatic N) is 2. The molecule has 8 heteroatoms. The molecule has 1 aliphatic rings. The number of carbonyl (C=O) groups excluding carboxylic acids is 2. The number of guanidine groups is 1. The van der Waals surface area contributed by atoms with Crippen molar-refractivity contribution in [1.29, 1.82) is 0 Å². The zero-order chi connectivity index (χ0) is 22.9. The number of amides is 2. The molecule has 2 aromatic carbocycles. The highest BCUT2D eigenvalue weighted by Gasteiger charge is 2.34. The number of unbranched alkanes of at least 4 members (excludes halogenated alkanes) is 1. The molecule has 2 N–H and O–H groups in total. The van der Waals surface area contributed by atoms with Gasteiger partial charge in [0, 0.05) is 26.7 Å². The van der Waals surface area contributed by atoms with Gasteiger partial charge in [-0.3, -0.25) is 19.5 Å². The second-order valence-corrected chi connectivity index (χ2v) is 7.38. The normalized spacial score (nSPS) is 13.2. The van der Waals surface area contributed by atoms with Crippen molar-refractivity contribution in [3.63, 3.8) is 0 Å². The summed E-state index contributed by atoms with van der Waals surface area (Å²) in [4.78, 5) is 30.3. The van der Waals surface area contributed by atoms with Crippen LogP contribution in [-0.2, 0) is 6.42 Å². The maximum atomic E-state index is 12.4. The van der Waals surface area contributed by atoms with E-state index in [0.29, 0.717) is 48.2 Å². The second-order valence-electron chi connectivity index (χ2n) is 7.38. The van der Waals surface area contributed by atoms with E-state index in [1.807, 2.05) is 18.2 Å². The highest BCUT2D eigenvalue weighted by atomic mass is 16.5. The lowest BCUT2D eigenvalue weighted by atomic mass is 10.1. The molecule has 0 atom stereocenters. The van der Waals surface area contributed by atoms with E-state index in [0.717, 1.165) is 24.8 Å². The molecule has 170 valence electrons. The molecule has 8 nitrogen and oxygen atoms in total. The van der Waals surface area contributed by atoms with Gasteiger partial charge in [-0.1, -0.05) is 18.2 Å². The van der Waals surface area contributed by atoms with Gasteiger partial charge in [-0.15, -0.1) is 0 Å². The van der Waals surface area contributed by atoms with Gasteiger partial charge in [0.25, 0.3) is 11.8 Å². The molecule has 32 heavy (non-hydrogen) atoms. The lowest BCUT2D eigenvalue weighted by Gasteiger charge is -2.15. The van der Waals surface area contributed by atoms with Crippen LogP contribution in [0.25, 0.3) is 0 Å². The van der Waals surface area contributed by atoms with Gasteiger partial charge in [0.05, 0.1) is 25.3 Å². The molecular formula is C24H30N4O4. The minimum Gasteiger partial charge on any atom is -0.493 e. The van der Waals surface area contributed by atoms with Crippen LogP contribution in [0.1, 0.15) is 39.1 Å². The summed E-state index contributed by atoms with van der Waals surface area (Å²) in [7, 11) is 4.97. The highest BCUT2D eigenvalue weighted by molar-refractivity contribution is 6.21. The fourth-order valence-electron chi connectivity index (χ4n) is 3.63. The Balaban J connectivity index is 1.36. The molecule has 0 fully saturated rings. The standard InChI is InChI=1S/C24H30N4O4/c1-25-24(27-14-12-17-10-11-20(31-2)21(16-17)32-3)26-13-6-7-15-28-22(29)18-8-4-5-9-19(18)23(28)30/h4-5,8-11,16H,6-7,12-15H2,1-3H3,(H2,25,26,27). The van der Waals surface area contributed by atoms with Gasteiger partial charge in [0.2, 0.25) is 0 Å². The lowest BCUT2D eigenvalue weighted by molar-refractivity contribution is 0.0652. The molecular weight excluding hydrogens is 408 g/mol. The van der Waals surface area contributed by atoms with Crippen LogP contribution in [0.2, 0.25) is 0 Å². The van der Waals surface area contributed by atoms with E-state index in [2.05, 4.69) is 15.6 Å². The summed E-state index contributed by atoms with van der Waals surface area (Å²) in [6.07, 6.45) is 2.34. The number of hydrogen-bond donors (Lipinski definition) is 2. The third kappa shape index (κ3) is 5.38. The summed E-state index contributed by atoms with van der Waals surface area (Å²) in [6, 6.07) is 12.8. The molecule has 0 bridgehead atoms. The Morgan fingerprint density at radius 3 is 2.19 bits per heavy atom. The molecule has 0 unspecified atom stereocenters. The van der Waals surface area contributed by atoms with Gasteiger partial charge in [0.1, 0.15) is 0 Å². The van der Waals surface area contributed by atoms with E-state index >= 15 is 0 Å². The molecule has 0 aliphatic carbocycles. The number of nitrogens with one attached hydrogen (secondary N) is 2. The van der Waals surface area contributed by atoms with Crippen LogP contribution in [-0.4, -0.2) is 63.6 Å². The van der Waals surface area contributed by atoms with E-state index in [1.165, 1.54) is 4.90 Å². The van der Waals surface area contributed by atoms with E-state index in [4.69, 9.17) is 9.47 Å². The Bertz CT molecular complexity index is 955. The smallest absolute Gasteiger partial charge is 0.261 e. The van der Waals surface area contributed by atoms with Crippen LogP contribution >= 0.6 is 0 Å². The minimum absolute atomic E-state index is 0.203. The number of imide groups is 1. The average molecular weight is 439 g/mol. The highest BCUT2D eigenvalue weighted by Crippen LogP contribution is 2.27. The number of rotatable bonds is 10. The molecule has 0 spiro atoms. The van der Waals surface area contributed by atoms with Crippen LogP contribution in [0.5, 0.6) is 11.5 Å². The molecule has 0 saturated heterocycles. The van der Waals surface area contributed by atoms with Crippen molar-refractivity contribution in [1.82, 2.24) is 15.5 Å². The van der Waals surface area contributed by atoms with Crippen molar-refractivity contribution in [3.05, 3.63) is 59.2 Å². The maximum Gasteiger partial charge on any atom is 0.261 e. The monoisotopic (exact) mass is 438 g/mol. The van der Waals surface area contributed by atoms with Gasteiger partial charge in [-0.2, -0.15) is 0 Å². The van der Waals surface area contributed by atoms with Crippen LogP contribution in [0.3, 0.4) is 0 Å². The fraction of sp³-hybridized carbons (Fsp3) is 0.375. The molecule has 1 aliphatic heterocycles. The predicted octanol–water partition coefficient (Wildman–Crippen LogP) is 2.49. The van der Waals surface area contributed by atoms with E-state index < -0.39 is 0 Å². The summed E-state index contributed by atoms with van der Waals surface area (Å²) in [5, 5.41) is 6.56. The third-order valence-corrected chi connectivity index (χ3v) is 5.36. The molecule has 0 radical (unpaired) electrons. The Kier molecular flexibility index (Phi) is 8.08. The average Bonchev–Trinajstić information content (AvgIpc) is 3.07. The molecule has 0 saturated carbocycles. The Labute approximate surface area is 188 Å². The van der Waals surface area contributed by atoms with Crippen molar-refractivity contribution in [2.45, 2.75) is 19.3 Å². The number of methoxy groups -OCH3 is 2. The first kappa shape index (κ1) is 23.1. The van der Waals surface area contributed by atoms with Crippen molar-refractivity contribution >= 4 is 17.8 Å². The second kappa shape index (κ2) is 11.2. The number of fused-ring (bicyclic) bond motifs is 1. The SMILES string of the molecule is CN=C(NCCCCN1C(=O)c2ccccc2C1=O)NCCc1ccc(OC)c(OC)c1. The Morgan fingerprint density at radius 1 is 0.906 bits per heavy atom. The first-order valence-electron chi connectivity index (χ1n) is 10.7. The zero-order valence-electron chi connectivity index (χ0n) is 18.8. The number of hydrogen-bond acceptors (Lipinski definition) is 5. The van der Waals surface area contributed by atoms with Crippen LogP contribution in [0.4, 0.5) is 0 Å². The Hall–Kier alpha value is -3.55. The summed E-state index contributed by atoms with van der Waals surface area (Å²) in [5.74, 6) is 1.73. The van der Waals surface area contributed by atoms with Crippen LogP contribution in [0, 0.1) is 0 Å². The number of carbonyl (C=O) groups is 2. The van der Waals surface area contributed by atoms with Crippen molar-refractivity contribution < 1.29 is 19.1 Å². The first-order chi connectivity index (χ1) is 15.6. The summed E-state index contributed by atoms with van der Waals surface area (Å²) in [5.41, 5.74) is 2.12. The van der Waals surface area contributed by atoms with Crippen molar-refractivity contribution in [2.75, 3.05) is 40.9 Å². The van der Waals surface area contributed by atoms with E-state index in [9.17, 15) is 9.59 Å². The first-order valence-corrected chi connectivity index (χ1v) is 10.7. The van der Waals surface area contributed by atoms with Gasteiger partial charge in [-0.05, 0) is 49.1 Å². The van der Waals surface area contributed by atoms with Crippen LogP contribution in [0.15, 0.2) is 47.5 Å². The summed E-state index contributed by atoms with van der Waals surface area (Å²) < 4.78 is 10.6. The van der Waals surface area contributed by atoms with Gasteiger partial charge >= 0.3 is 0 Å². The Morgan fingerprint density at radius 2 is 1.56 bits per heavy atom. The number of aliphatic imine (C=N–C) groups is 1. The molecule has 2 aromatic rings.